The first-order chi connectivity index (χ1) is 15.4. The first-order valence-corrected chi connectivity index (χ1v) is 9.76. The Morgan fingerprint density at radius 3 is 2.50 bits per heavy atom. The molecule has 0 radical (unpaired) electrons. The Labute approximate surface area is 182 Å². The van der Waals surface area contributed by atoms with Gasteiger partial charge in [-0.3, -0.25) is 14.6 Å². The summed E-state index contributed by atoms with van der Waals surface area (Å²) in [5, 5.41) is 2.79. The number of hydrogen-bond acceptors (Lipinski definition) is 4. The Balaban J connectivity index is 1.67. The van der Waals surface area contributed by atoms with Gasteiger partial charge >= 0.3 is 0 Å². The zero-order valence-electron chi connectivity index (χ0n) is 17.4. The maximum atomic E-state index is 13.4. The van der Waals surface area contributed by atoms with Gasteiger partial charge in [0.2, 0.25) is 0 Å². The number of ether oxygens (including phenoxy) is 1. The number of aryl methyl sites for hydroxylation is 1. The molecule has 8 heteroatoms. The molecule has 0 spiro atoms. The van der Waals surface area contributed by atoms with E-state index in [4.69, 9.17) is 4.74 Å². The topological polar surface area (TPSA) is 73.2 Å². The monoisotopic (exact) mass is 435 g/mol. The van der Waals surface area contributed by atoms with Gasteiger partial charge in [-0.1, -0.05) is 12.1 Å². The molecule has 0 bridgehead atoms. The van der Waals surface area contributed by atoms with E-state index in [1.807, 2.05) is 24.3 Å². The minimum absolute atomic E-state index is 0.0957. The summed E-state index contributed by atoms with van der Waals surface area (Å²) in [6, 6.07) is 13.6. The van der Waals surface area contributed by atoms with Gasteiger partial charge in [0.25, 0.3) is 11.5 Å². The molecule has 162 valence electrons. The Hall–Kier alpha value is -4.07. The molecule has 32 heavy (non-hydrogen) atoms. The predicted octanol–water partition coefficient (Wildman–Crippen LogP) is 4.29. The lowest BCUT2D eigenvalue weighted by Gasteiger charge is -2.11. The van der Waals surface area contributed by atoms with Crippen LogP contribution in [-0.2, 0) is 6.54 Å². The standard InChI is InChI=1S/C24H19F2N3O3/c1-14-18(23(30)28-16-5-8-20(25)21(26)11-16)12-19-22(27-14)9-10-29(24(19)31)13-15-3-6-17(32-2)7-4-15/h3-12H,13H2,1-2H3,(H,28,30). The van der Waals surface area contributed by atoms with Gasteiger partial charge in [0, 0.05) is 18.0 Å². The summed E-state index contributed by atoms with van der Waals surface area (Å²) in [5.41, 5.74) is 1.74. The number of methoxy groups -OCH3 is 1. The van der Waals surface area contributed by atoms with Crippen molar-refractivity contribution in [3.63, 3.8) is 0 Å². The maximum absolute atomic E-state index is 13.4. The van der Waals surface area contributed by atoms with Crippen LogP contribution in [0.2, 0.25) is 0 Å². The number of nitrogens with zero attached hydrogens (tertiary/aromatic N) is 2. The van der Waals surface area contributed by atoms with Gasteiger partial charge in [-0.15, -0.1) is 0 Å². The van der Waals surface area contributed by atoms with E-state index in [0.29, 0.717) is 17.8 Å². The number of carbonyl (C=O) groups is 1. The molecule has 0 saturated carbocycles. The van der Waals surface area contributed by atoms with Crippen LogP contribution in [0, 0.1) is 18.6 Å². The fourth-order valence-corrected chi connectivity index (χ4v) is 3.36. The molecule has 1 amide bonds. The third-order valence-corrected chi connectivity index (χ3v) is 5.08. The molecule has 0 fully saturated rings. The van der Waals surface area contributed by atoms with E-state index < -0.39 is 17.5 Å². The summed E-state index contributed by atoms with van der Waals surface area (Å²) in [4.78, 5) is 30.2. The van der Waals surface area contributed by atoms with Crippen molar-refractivity contribution >= 4 is 22.5 Å². The van der Waals surface area contributed by atoms with Crippen molar-refractivity contribution in [1.82, 2.24) is 9.55 Å². The maximum Gasteiger partial charge on any atom is 0.260 e. The molecule has 0 saturated heterocycles. The molecule has 0 unspecified atom stereocenters. The number of nitrogens with one attached hydrogen (secondary N) is 1. The Bertz CT molecular complexity index is 1380. The number of fused-ring (bicyclic) bond motifs is 1. The molecule has 0 aliphatic rings. The SMILES string of the molecule is COc1ccc(Cn2ccc3nc(C)c(C(=O)Nc4ccc(F)c(F)c4)cc3c2=O)cc1. The van der Waals surface area contributed by atoms with Crippen LogP contribution in [0.1, 0.15) is 21.6 Å². The summed E-state index contributed by atoms with van der Waals surface area (Å²) in [6.07, 6.45) is 1.66. The minimum Gasteiger partial charge on any atom is -0.497 e. The van der Waals surface area contributed by atoms with E-state index in [-0.39, 0.29) is 22.2 Å². The molecule has 0 atom stereocenters. The molecule has 4 rings (SSSR count). The second-order valence-electron chi connectivity index (χ2n) is 7.23. The molecule has 1 N–H and O–H groups in total. The highest BCUT2D eigenvalue weighted by Gasteiger charge is 2.15. The van der Waals surface area contributed by atoms with Crippen molar-refractivity contribution in [3.8, 4) is 5.75 Å². The van der Waals surface area contributed by atoms with Gasteiger partial charge in [-0.25, -0.2) is 8.78 Å². The third-order valence-electron chi connectivity index (χ3n) is 5.08. The lowest BCUT2D eigenvalue weighted by Crippen LogP contribution is -2.22. The average Bonchev–Trinajstić information content (AvgIpc) is 2.78. The molecule has 6 nitrogen and oxygen atoms in total. The number of aromatic nitrogens is 2. The summed E-state index contributed by atoms with van der Waals surface area (Å²) >= 11 is 0. The van der Waals surface area contributed by atoms with E-state index >= 15 is 0 Å². The number of benzene rings is 2. The summed E-state index contributed by atoms with van der Waals surface area (Å²) in [6.45, 7) is 1.98. The number of hydrogen-bond donors (Lipinski definition) is 1. The van der Waals surface area contributed by atoms with Crippen molar-refractivity contribution < 1.29 is 18.3 Å². The van der Waals surface area contributed by atoms with Gasteiger partial charge in [-0.05, 0) is 48.9 Å². The second kappa shape index (κ2) is 8.58. The normalized spacial score (nSPS) is 10.9. The predicted molar refractivity (Wildman–Crippen MR) is 117 cm³/mol. The Kier molecular flexibility index (Phi) is 5.68. The summed E-state index contributed by atoms with van der Waals surface area (Å²) < 4.78 is 33.3. The smallest absolute Gasteiger partial charge is 0.260 e. The van der Waals surface area contributed by atoms with Crippen LogP contribution >= 0.6 is 0 Å². The van der Waals surface area contributed by atoms with Crippen LogP contribution in [0.4, 0.5) is 14.5 Å². The van der Waals surface area contributed by atoms with Crippen LogP contribution in [0.15, 0.2) is 65.6 Å². The van der Waals surface area contributed by atoms with Gasteiger partial charge in [0.05, 0.1) is 35.8 Å². The van der Waals surface area contributed by atoms with E-state index in [1.165, 1.54) is 16.7 Å². The van der Waals surface area contributed by atoms with Crippen LogP contribution < -0.4 is 15.6 Å². The second-order valence-corrected chi connectivity index (χ2v) is 7.23. The first kappa shape index (κ1) is 21.2. The number of anilines is 1. The van der Waals surface area contributed by atoms with E-state index in [9.17, 15) is 18.4 Å². The highest BCUT2D eigenvalue weighted by atomic mass is 19.2. The highest BCUT2D eigenvalue weighted by Crippen LogP contribution is 2.18. The number of carbonyl (C=O) groups excluding carboxylic acids is 1. The molecule has 0 aliphatic carbocycles. The fourth-order valence-electron chi connectivity index (χ4n) is 3.36. The average molecular weight is 435 g/mol. The zero-order chi connectivity index (χ0) is 22.8. The third kappa shape index (κ3) is 4.20. The van der Waals surface area contributed by atoms with Gasteiger partial charge < -0.3 is 14.6 Å². The molecule has 2 aromatic heterocycles. The molecular formula is C24H19F2N3O3. The molecular weight excluding hydrogens is 416 g/mol. The van der Waals surface area contributed by atoms with Crippen LogP contribution in [0.3, 0.4) is 0 Å². The lowest BCUT2D eigenvalue weighted by molar-refractivity contribution is 0.102. The number of amides is 1. The number of pyridine rings is 2. The van der Waals surface area contributed by atoms with Gasteiger partial charge in [-0.2, -0.15) is 0 Å². The Morgan fingerprint density at radius 1 is 1.06 bits per heavy atom. The van der Waals surface area contributed by atoms with E-state index in [2.05, 4.69) is 10.3 Å². The highest BCUT2D eigenvalue weighted by molar-refractivity contribution is 6.06. The molecule has 2 aromatic carbocycles. The molecule has 0 aliphatic heterocycles. The van der Waals surface area contributed by atoms with Crippen LogP contribution in [0.25, 0.3) is 10.9 Å². The van der Waals surface area contributed by atoms with Gasteiger partial charge in [0.1, 0.15) is 5.75 Å². The fraction of sp³-hybridized carbons (Fsp3) is 0.125. The van der Waals surface area contributed by atoms with E-state index in [1.54, 1.807) is 26.3 Å². The molecule has 2 heterocycles. The Morgan fingerprint density at radius 2 is 1.81 bits per heavy atom. The number of rotatable bonds is 5. The van der Waals surface area contributed by atoms with Crippen LogP contribution in [0.5, 0.6) is 5.75 Å². The molecule has 4 aromatic rings. The van der Waals surface area contributed by atoms with Crippen LogP contribution in [-0.4, -0.2) is 22.6 Å². The van der Waals surface area contributed by atoms with Crippen molar-refractivity contribution in [2.45, 2.75) is 13.5 Å². The first-order valence-electron chi connectivity index (χ1n) is 9.76. The zero-order valence-corrected chi connectivity index (χ0v) is 17.4. The minimum atomic E-state index is -1.07. The quantitative estimate of drug-likeness (QED) is 0.508. The largest absolute Gasteiger partial charge is 0.497 e. The van der Waals surface area contributed by atoms with Gasteiger partial charge in [0.15, 0.2) is 11.6 Å². The van der Waals surface area contributed by atoms with Crippen molar-refractivity contribution in [2.75, 3.05) is 12.4 Å². The van der Waals surface area contributed by atoms with Crippen molar-refractivity contribution in [1.29, 1.82) is 0 Å². The lowest BCUT2D eigenvalue weighted by atomic mass is 10.1. The summed E-state index contributed by atoms with van der Waals surface area (Å²) in [7, 11) is 1.58. The van der Waals surface area contributed by atoms with Crippen molar-refractivity contribution in [2.24, 2.45) is 0 Å². The van der Waals surface area contributed by atoms with E-state index in [0.717, 1.165) is 23.4 Å². The number of halogens is 2. The van der Waals surface area contributed by atoms with Crippen molar-refractivity contribution in [3.05, 3.63) is 99.6 Å². The summed E-state index contributed by atoms with van der Waals surface area (Å²) in [5.74, 6) is -1.94.